The minimum absolute atomic E-state index is 0.154. The van der Waals surface area contributed by atoms with E-state index >= 15 is 0 Å². The van der Waals surface area contributed by atoms with Crippen LogP contribution in [0.15, 0.2) is 36.4 Å². The van der Waals surface area contributed by atoms with Gasteiger partial charge in [0.1, 0.15) is 5.75 Å². The van der Waals surface area contributed by atoms with Gasteiger partial charge in [-0.25, -0.2) is 0 Å². The second kappa shape index (κ2) is 5.06. The Morgan fingerprint density at radius 3 is 2.56 bits per heavy atom. The second-order valence-electron chi connectivity index (χ2n) is 4.25. The van der Waals surface area contributed by atoms with E-state index in [4.69, 9.17) is 16.2 Å². The fourth-order valence-corrected chi connectivity index (χ4v) is 1.93. The fraction of sp³-hybridized carbons (Fsp3) is 0.214. The van der Waals surface area contributed by atoms with Crippen molar-refractivity contribution in [1.82, 2.24) is 0 Å². The van der Waals surface area contributed by atoms with Crippen molar-refractivity contribution in [3.63, 3.8) is 0 Å². The van der Waals surface area contributed by atoms with Crippen LogP contribution in [0.1, 0.15) is 18.0 Å². The highest BCUT2D eigenvalue weighted by atomic mass is 16.5. The molecule has 0 saturated carbocycles. The largest absolute Gasteiger partial charge is 0.497 e. The smallest absolute Gasteiger partial charge is 0.219 e. The van der Waals surface area contributed by atoms with Crippen LogP contribution in [0.4, 0.5) is 0 Å². The van der Waals surface area contributed by atoms with Crippen LogP contribution in [0.5, 0.6) is 5.75 Å². The number of hydrogen-bond donors (Lipinski definition) is 2. The Morgan fingerprint density at radius 2 is 1.89 bits per heavy atom. The van der Waals surface area contributed by atoms with E-state index in [9.17, 15) is 4.79 Å². The predicted octanol–water partition coefficient (Wildman–Crippen LogP) is 1.72. The number of rotatable bonds is 4. The Balaban J connectivity index is 2.35. The van der Waals surface area contributed by atoms with E-state index in [-0.39, 0.29) is 12.5 Å². The standard InChI is InChI=1S/C14H16N2O2/c1-18-12-5-4-9-6-11(3-2-10(9)7-12)13(15)8-14(16)17/h2-7,13H,8,15H2,1H3,(H2,16,17)/t13-/m0/s1. The minimum atomic E-state index is -0.391. The first-order valence-electron chi connectivity index (χ1n) is 5.72. The van der Waals surface area contributed by atoms with Gasteiger partial charge in [-0.1, -0.05) is 18.2 Å². The molecule has 4 nitrogen and oxygen atoms in total. The number of methoxy groups -OCH3 is 1. The SMILES string of the molecule is COc1ccc2cc([C@@H](N)CC(N)=O)ccc2c1. The molecule has 18 heavy (non-hydrogen) atoms. The van der Waals surface area contributed by atoms with Crippen molar-refractivity contribution < 1.29 is 9.53 Å². The number of amides is 1. The molecule has 2 aromatic carbocycles. The molecule has 0 saturated heterocycles. The van der Waals surface area contributed by atoms with Gasteiger partial charge in [0.05, 0.1) is 7.11 Å². The summed E-state index contributed by atoms with van der Waals surface area (Å²) in [6.07, 6.45) is 0.154. The number of primary amides is 1. The van der Waals surface area contributed by atoms with Gasteiger partial charge < -0.3 is 16.2 Å². The first-order chi connectivity index (χ1) is 8.60. The molecule has 0 bridgehead atoms. The molecular weight excluding hydrogens is 228 g/mol. The molecule has 2 aromatic rings. The van der Waals surface area contributed by atoms with Crippen LogP contribution in [0.2, 0.25) is 0 Å². The zero-order chi connectivity index (χ0) is 13.1. The number of nitrogens with two attached hydrogens (primary N) is 2. The summed E-state index contributed by atoms with van der Waals surface area (Å²) in [4.78, 5) is 10.9. The Morgan fingerprint density at radius 1 is 1.22 bits per heavy atom. The van der Waals surface area contributed by atoms with E-state index in [1.54, 1.807) is 7.11 Å². The van der Waals surface area contributed by atoms with Gasteiger partial charge in [-0.05, 0) is 34.5 Å². The summed E-state index contributed by atoms with van der Waals surface area (Å²) in [7, 11) is 1.64. The Kier molecular flexibility index (Phi) is 3.48. The lowest BCUT2D eigenvalue weighted by Gasteiger charge is -2.11. The Hall–Kier alpha value is -2.07. The van der Waals surface area contributed by atoms with Crippen molar-refractivity contribution in [2.45, 2.75) is 12.5 Å². The number of carbonyl (C=O) groups excluding carboxylic acids is 1. The molecule has 4 N–H and O–H groups in total. The predicted molar refractivity (Wildman–Crippen MR) is 71.2 cm³/mol. The van der Waals surface area contributed by atoms with Gasteiger partial charge in [-0.3, -0.25) is 4.79 Å². The third-order valence-corrected chi connectivity index (χ3v) is 2.92. The van der Waals surface area contributed by atoms with Gasteiger partial charge in [0.25, 0.3) is 0 Å². The van der Waals surface area contributed by atoms with Gasteiger partial charge >= 0.3 is 0 Å². The van der Waals surface area contributed by atoms with Crippen molar-refractivity contribution in [2.75, 3.05) is 7.11 Å². The number of hydrogen-bond acceptors (Lipinski definition) is 3. The molecule has 0 aliphatic rings. The maximum absolute atomic E-state index is 10.9. The van der Waals surface area contributed by atoms with Gasteiger partial charge in [0, 0.05) is 12.5 Å². The van der Waals surface area contributed by atoms with Crippen LogP contribution < -0.4 is 16.2 Å². The van der Waals surface area contributed by atoms with Crippen LogP contribution in [-0.2, 0) is 4.79 Å². The van der Waals surface area contributed by atoms with Crippen molar-refractivity contribution >= 4 is 16.7 Å². The molecule has 0 aliphatic heterocycles. The van der Waals surface area contributed by atoms with Crippen LogP contribution in [0, 0.1) is 0 Å². The topological polar surface area (TPSA) is 78.3 Å². The van der Waals surface area contributed by atoms with E-state index in [0.717, 1.165) is 22.1 Å². The number of fused-ring (bicyclic) bond motifs is 1. The molecule has 1 amide bonds. The molecule has 0 aliphatic carbocycles. The number of benzene rings is 2. The van der Waals surface area contributed by atoms with Crippen molar-refractivity contribution in [2.24, 2.45) is 11.5 Å². The average Bonchev–Trinajstić information content (AvgIpc) is 2.36. The van der Waals surface area contributed by atoms with Crippen molar-refractivity contribution in [3.8, 4) is 5.75 Å². The summed E-state index contributed by atoms with van der Waals surface area (Å²) >= 11 is 0. The van der Waals surface area contributed by atoms with Gasteiger partial charge in [0.2, 0.25) is 5.91 Å². The lowest BCUT2D eigenvalue weighted by Crippen LogP contribution is -2.20. The summed E-state index contributed by atoms with van der Waals surface area (Å²) in [6.45, 7) is 0. The summed E-state index contributed by atoms with van der Waals surface area (Å²) in [5.74, 6) is 0.425. The van der Waals surface area contributed by atoms with Gasteiger partial charge in [-0.15, -0.1) is 0 Å². The first kappa shape index (κ1) is 12.4. The maximum Gasteiger partial charge on any atom is 0.219 e. The molecule has 4 heteroatoms. The van der Waals surface area contributed by atoms with Crippen molar-refractivity contribution in [3.05, 3.63) is 42.0 Å². The van der Waals surface area contributed by atoms with E-state index in [0.29, 0.717) is 0 Å². The van der Waals surface area contributed by atoms with Crippen LogP contribution in [-0.4, -0.2) is 13.0 Å². The van der Waals surface area contributed by atoms with Crippen molar-refractivity contribution in [1.29, 1.82) is 0 Å². The van der Waals surface area contributed by atoms with E-state index in [1.165, 1.54) is 0 Å². The molecule has 0 radical (unpaired) electrons. The third-order valence-electron chi connectivity index (χ3n) is 2.92. The van der Waals surface area contributed by atoms with E-state index in [1.807, 2.05) is 36.4 Å². The minimum Gasteiger partial charge on any atom is -0.497 e. The molecule has 1 atom stereocenters. The highest BCUT2D eigenvalue weighted by Gasteiger charge is 2.09. The molecule has 94 valence electrons. The molecule has 0 aromatic heterocycles. The molecule has 0 unspecified atom stereocenters. The van der Waals surface area contributed by atoms with Crippen LogP contribution >= 0.6 is 0 Å². The summed E-state index contributed by atoms with van der Waals surface area (Å²) in [5.41, 5.74) is 12.0. The zero-order valence-corrected chi connectivity index (χ0v) is 10.2. The Labute approximate surface area is 106 Å². The molecular formula is C14H16N2O2. The quantitative estimate of drug-likeness (QED) is 0.859. The number of carbonyl (C=O) groups is 1. The van der Waals surface area contributed by atoms with Crippen LogP contribution in [0.3, 0.4) is 0 Å². The average molecular weight is 244 g/mol. The third kappa shape index (κ3) is 2.60. The number of ether oxygens (including phenoxy) is 1. The highest BCUT2D eigenvalue weighted by Crippen LogP contribution is 2.24. The van der Waals surface area contributed by atoms with Gasteiger partial charge in [0.15, 0.2) is 0 Å². The molecule has 0 fully saturated rings. The van der Waals surface area contributed by atoms with E-state index < -0.39 is 5.91 Å². The highest BCUT2D eigenvalue weighted by molar-refractivity contribution is 5.85. The van der Waals surface area contributed by atoms with E-state index in [2.05, 4.69) is 0 Å². The Bertz CT molecular complexity index is 581. The zero-order valence-electron chi connectivity index (χ0n) is 10.2. The summed E-state index contributed by atoms with van der Waals surface area (Å²) < 4.78 is 5.17. The maximum atomic E-state index is 10.9. The fourth-order valence-electron chi connectivity index (χ4n) is 1.93. The molecule has 2 rings (SSSR count). The lowest BCUT2D eigenvalue weighted by atomic mass is 10.00. The second-order valence-corrected chi connectivity index (χ2v) is 4.25. The monoisotopic (exact) mass is 244 g/mol. The lowest BCUT2D eigenvalue weighted by molar-refractivity contribution is -0.118. The first-order valence-corrected chi connectivity index (χ1v) is 5.72. The van der Waals surface area contributed by atoms with Gasteiger partial charge in [-0.2, -0.15) is 0 Å². The summed E-state index contributed by atoms with van der Waals surface area (Å²) in [5, 5.41) is 2.14. The molecule has 0 spiro atoms. The normalized spacial score (nSPS) is 12.3. The molecule has 0 heterocycles. The summed E-state index contributed by atoms with van der Waals surface area (Å²) in [6, 6.07) is 11.3. The van der Waals surface area contributed by atoms with Crippen LogP contribution in [0.25, 0.3) is 10.8 Å².